The number of nitrogens with two attached hydrogens (primary N) is 1. The highest BCUT2D eigenvalue weighted by molar-refractivity contribution is 7.99. The van der Waals surface area contributed by atoms with Crippen molar-refractivity contribution in [3.05, 3.63) is 29.8 Å². The maximum Gasteiger partial charge on any atom is 0.234 e. The number of hydrogen-bond donors (Lipinski definition) is 2. The van der Waals surface area contributed by atoms with E-state index >= 15 is 0 Å². The van der Waals surface area contributed by atoms with Crippen LogP contribution in [0.4, 0.5) is 11.6 Å². The van der Waals surface area contributed by atoms with Crippen LogP contribution in [0.25, 0.3) is 0 Å². The van der Waals surface area contributed by atoms with Crippen molar-refractivity contribution < 1.29 is 4.79 Å². The van der Waals surface area contributed by atoms with Gasteiger partial charge < -0.3 is 11.1 Å². The number of benzene rings is 1. The van der Waals surface area contributed by atoms with Crippen LogP contribution in [0, 0.1) is 6.92 Å². The molecule has 1 aromatic carbocycles. The number of nitrogen functional groups attached to an aromatic ring is 1. The van der Waals surface area contributed by atoms with E-state index in [2.05, 4.69) is 15.5 Å². The second-order valence-electron chi connectivity index (χ2n) is 5.15. The smallest absolute Gasteiger partial charge is 0.234 e. The first-order chi connectivity index (χ1) is 10.1. The van der Waals surface area contributed by atoms with E-state index in [9.17, 15) is 4.79 Å². The van der Waals surface area contributed by atoms with Crippen molar-refractivity contribution in [1.82, 2.24) is 14.8 Å². The third-order valence-corrected chi connectivity index (χ3v) is 4.18. The highest BCUT2D eigenvalue weighted by atomic mass is 32.2. The Morgan fingerprint density at radius 2 is 2.29 bits per heavy atom. The van der Waals surface area contributed by atoms with Gasteiger partial charge in [0.15, 0.2) is 5.16 Å². The zero-order valence-electron chi connectivity index (χ0n) is 11.7. The number of amides is 1. The molecule has 7 heteroatoms. The van der Waals surface area contributed by atoms with Gasteiger partial charge in [-0.25, -0.2) is 0 Å². The van der Waals surface area contributed by atoms with Crippen LogP contribution < -0.4 is 11.1 Å². The lowest BCUT2D eigenvalue weighted by Crippen LogP contribution is -2.14. The number of rotatable bonds is 5. The van der Waals surface area contributed by atoms with Crippen LogP contribution in [0.5, 0.6) is 0 Å². The molecule has 1 heterocycles. The van der Waals surface area contributed by atoms with Gasteiger partial charge in [0.1, 0.15) is 0 Å². The number of hydrogen-bond acceptors (Lipinski definition) is 5. The molecule has 21 heavy (non-hydrogen) atoms. The zero-order chi connectivity index (χ0) is 14.8. The lowest BCUT2D eigenvalue weighted by atomic mass is 10.2. The topological polar surface area (TPSA) is 85.8 Å². The molecule has 2 aromatic rings. The maximum absolute atomic E-state index is 12.0. The summed E-state index contributed by atoms with van der Waals surface area (Å²) in [5.74, 6) is 0.660. The van der Waals surface area contributed by atoms with E-state index in [0.717, 1.165) is 29.2 Å². The molecular formula is C14H17N5OS. The van der Waals surface area contributed by atoms with Crippen LogP contribution in [-0.4, -0.2) is 26.4 Å². The number of aryl methyl sites for hydroxylation is 1. The Morgan fingerprint density at radius 3 is 3.00 bits per heavy atom. The van der Waals surface area contributed by atoms with Gasteiger partial charge in [0.2, 0.25) is 11.9 Å². The van der Waals surface area contributed by atoms with Gasteiger partial charge >= 0.3 is 0 Å². The fourth-order valence-electron chi connectivity index (χ4n) is 2.11. The molecule has 0 aliphatic heterocycles. The Labute approximate surface area is 127 Å². The van der Waals surface area contributed by atoms with Crippen LogP contribution >= 0.6 is 11.8 Å². The lowest BCUT2D eigenvalue weighted by Gasteiger charge is -2.07. The van der Waals surface area contributed by atoms with Crippen molar-refractivity contribution >= 4 is 29.3 Å². The van der Waals surface area contributed by atoms with E-state index in [-0.39, 0.29) is 5.91 Å². The summed E-state index contributed by atoms with van der Waals surface area (Å²) in [4.78, 5) is 12.0. The van der Waals surface area contributed by atoms with Gasteiger partial charge in [-0.1, -0.05) is 23.9 Å². The van der Waals surface area contributed by atoms with Crippen LogP contribution in [-0.2, 0) is 4.79 Å². The van der Waals surface area contributed by atoms with Crippen LogP contribution in [0.1, 0.15) is 24.4 Å². The third kappa shape index (κ3) is 3.36. The average molecular weight is 303 g/mol. The number of nitrogens with zero attached hydrogens (tertiary/aromatic N) is 3. The minimum Gasteiger partial charge on any atom is -0.368 e. The third-order valence-electron chi connectivity index (χ3n) is 3.24. The van der Waals surface area contributed by atoms with Gasteiger partial charge in [-0.3, -0.25) is 9.36 Å². The van der Waals surface area contributed by atoms with E-state index in [1.165, 1.54) is 11.8 Å². The number of thioether (sulfide) groups is 1. The summed E-state index contributed by atoms with van der Waals surface area (Å²) in [7, 11) is 0. The Kier molecular flexibility index (Phi) is 3.83. The molecule has 1 saturated carbocycles. The minimum atomic E-state index is -0.0606. The largest absolute Gasteiger partial charge is 0.368 e. The first kappa shape index (κ1) is 13.9. The lowest BCUT2D eigenvalue weighted by molar-refractivity contribution is -0.113. The van der Waals surface area contributed by atoms with Gasteiger partial charge in [0.05, 0.1) is 5.75 Å². The van der Waals surface area contributed by atoms with Gasteiger partial charge in [-0.2, -0.15) is 0 Å². The van der Waals surface area contributed by atoms with Gasteiger partial charge in [-0.15, -0.1) is 10.2 Å². The van der Waals surface area contributed by atoms with Crippen molar-refractivity contribution in [1.29, 1.82) is 0 Å². The molecule has 1 amide bonds. The zero-order valence-corrected chi connectivity index (χ0v) is 12.6. The normalized spacial score (nSPS) is 14.1. The van der Waals surface area contributed by atoms with Crippen molar-refractivity contribution in [3.8, 4) is 0 Å². The molecule has 1 aliphatic rings. The number of anilines is 2. The number of aromatic nitrogens is 3. The highest BCUT2D eigenvalue weighted by Gasteiger charge is 2.29. The molecule has 0 bridgehead atoms. The number of carbonyl (C=O) groups excluding carboxylic acids is 1. The molecule has 3 rings (SSSR count). The van der Waals surface area contributed by atoms with E-state index in [0.29, 0.717) is 17.7 Å². The number of carbonyl (C=O) groups is 1. The van der Waals surface area contributed by atoms with E-state index in [4.69, 9.17) is 5.73 Å². The molecule has 0 radical (unpaired) electrons. The Balaban J connectivity index is 1.59. The van der Waals surface area contributed by atoms with Crippen LogP contribution in [0.15, 0.2) is 29.4 Å². The van der Waals surface area contributed by atoms with Crippen LogP contribution in [0.3, 0.4) is 0 Å². The first-order valence-electron chi connectivity index (χ1n) is 6.83. The fourth-order valence-corrected chi connectivity index (χ4v) is 2.93. The second-order valence-corrected chi connectivity index (χ2v) is 6.09. The summed E-state index contributed by atoms with van der Waals surface area (Å²) in [5.41, 5.74) is 7.73. The predicted octanol–water partition coefficient (Wildman–Crippen LogP) is 2.23. The van der Waals surface area contributed by atoms with E-state index in [1.807, 2.05) is 35.8 Å². The fraction of sp³-hybridized carbons (Fsp3) is 0.357. The summed E-state index contributed by atoms with van der Waals surface area (Å²) >= 11 is 1.37. The summed E-state index contributed by atoms with van der Waals surface area (Å²) in [5, 5.41) is 11.5. The van der Waals surface area contributed by atoms with Crippen molar-refractivity contribution in [2.24, 2.45) is 0 Å². The standard InChI is InChI=1S/C14H17N5OS/c1-9-3-2-4-10(7-9)16-12(20)8-21-14-18-17-13(15)19(14)11-5-6-11/h2-4,7,11H,5-6,8H2,1H3,(H2,15,17)(H,16,20). The Bertz CT molecular complexity index is 665. The minimum absolute atomic E-state index is 0.0606. The molecule has 1 fully saturated rings. The molecule has 0 atom stereocenters. The van der Waals surface area contributed by atoms with Crippen molar-refractivity contribution in [2.75, 3.05) is 16.8 Å². The van der Waals surface area contributed by atoms with E-state index in [1.54, 1.807) is 0 Å². The predicted molar refractivity (Wildman–Crippen MR) is 83.2 cm³/mol. The Hall–Kier alpha value is -2.02. The molecule has 0 saturated heterocycles. The summed E-state index contributed by atoms with van der Waals surface area (Å²) in [6.45, 7) is 1.99. The monoisotopic (exact) mass is 303 g/mol. The van der Waals surface area contributed by atoms with Crippen molar-refractivity contribution in [3.63, 3.8) is 0 Å². The summed E-state index contributed by atoms with van der Waals surface area (Å²) < 4.78 is 1.92. The van der Waals surface area contributed by atoms with Crippen molar-refractivity contribution in [2.45, 2.75) is 31.0 Å². The summed E-state index contributed by atoms with van der Waals surface area (Å²) in [6.07, 6.45) is 2.20. The molecule has 1 aromatic heterocycles. The Morgan fingerprint density at radius 1 is 1.48 bits per heavy atom. The molecule has 6 nitrogen and oxygen atoms in total. The molecular weight excluding hydrogens is 286 g/mol. The highest BCUT2D eigenvalue weighted by Crippen LogP contribution is 2.39. The first-order valence-corrected chi connectivity index (χ1v) is 7.82. The molecule has 1 aliphatic carbocycles. The second kappa shape index (κ2) is 5.77. The van der Waals surface area contributed by atoms with Gasteiger partial charge in [-0.05, 0) is 37.5 Å². The van der Waals surface area contributed by atoms with Gasteiger partial charge in [0.25, 0.3) is 0 Å². The molecule has 0 spiro atoms. The quantitative estimate of drug-likeness (QED) is 0.827. The molecule has 3 N–H and O–H groups in total. The molecule has 110 valence electrons. The average Bonchev–Trinajstić information content (AvgIpc) is 3.20. The maximum atomic E-state index is 12.0. The van der Waals surface area contributed by atoms with E-state index < -0.39 is 0 Å². The number of nitrogens with one attached hydrogen (secondary N) is 1. The summed E-state index contributed by atoms with van der Waals surface area (Å²) in [6, 6.07) is 8.13. The van der Waals surface area contributed by atoms with Crippen LogP contribution in [0.2, 0.25) is 0 Å². The molecule has 0 unspecified atom stereocenters. The van der Waals surface area contributed by atoms with Gasteiger partial charge in [0, 0.05) is 11.7 Å². The SMILES string of the molecule is Cc1cccc(NC(=O)CSc2nnc(N)n2C2CC2)c1.